The van der Waals surface area contributed by atoms with E-state index in [4.69, 9.17) is 14.2 Å². The lowest BCUT2D eigenvalue weighted by Gasteiger charge is -2.16. The Kier molecular flexibility index (Phi) is 6.93. The zero-order valence-corrected chi connectivity index (χ0v) is 16.7. The molecular formula is C24H27NO3. The van der Waals surface area contributed by atoms with Crippen LogP contribution in [-0.4, -0.2) is 14.2 Å². The summed E-state index contributed by atoms with van der Waals surface area (Å²) in [6.45, 7) is 4.06. The Balaban J connectivity index is 1.67. The molecule has 4 nitrogen and oxygen atoms in total. The van der Waals surface area contributed by atoms with E-state index >= 15 is 0 Å². The lowest BCUT2D eigenvalue weighted by molar-refractivity contribution is 0.280. The highest BCUT2D eigenvalue weighted by molar-refractivity contribution is 5.47. The van der Waals surface area contributed by atoms with Crippen molar-refractivity contribution in [3.8, 4) is 17.2 Å². The summed E-state index contributed by atoms with van der Waals surface area (Å²) in [4.78, 5) is 0. The Morgan fingerprint density at radius 1 is 0.750 bits per heavy atom. The number of nitrogens with one attached hydrogen (secondary N) is 1. The minimum absolute atomic E-state index is 0.512. The zero-order valence-electron chi connectivity index (χ0n) is 16.7. The van der Waals surface area contributed by atoms with Crippen LogP contribution in [0.15, 0.2) is 66.7 Å². The third kappa shape index (κ3) is 5.05. The van der Waals surface area contributed by atoms with Crippen molar-refractivity contribution in [2.45, 2.75) is 26.6 Å². The Labute approximate surface area is 167 Å². The molecule has 0 fully saturated rings. The zero-order chi connectivity index (χ0) is 19.8. The molecule has 0 saturated carbocycles. The van der Waals surface area contributed by atoms with Gasteiger partial charge in [0.2, 0.25) is 0 Å². The molecule has 0 aliphatic carbocycles. The van der Waals surface area contributed by atoms with Gasteiger partial charge in [0.1, 0.15) is 12.4 Å². The monoisotopic (exact) mass is 377 g/mol. The van der Waals surface area contributed by atoms with Gasteiger partial charge in [0.25, 0.3) is 0 Å². The van der Waals surface area contributed by atoms with Crippen molar-refractivity contribution < 1.29 is 14.2 Å². The van der Waals surface area contributed by atoms with Gasteiger partial charge in [-0.25, -0.2) is 0 Å². The summed E-state index contributed by atoms with van der Waals surface area (Å²) >= 11 is 0. The molecule has 3 aromatic rings. The standard InChI is InChI=1S/C24H27NO3/c1-18-7-4-5-8-21(18)17-28-24-20(9-6-10-23(24)27-3)16-25-15-19-11-13-22(26-2)14-12-19/h4-14,25H,15-17H2,1-3H3. The summed E-state index contributed by atoms with van der Waals surface area (Å²) in [5, 5.41) is 3.48. The van der Waals surface area contributed by atoms with Crippen molar-refractivity contribution in [2.75, 3.05) is 14.2 Å². The van der Waals surface area contributed by atoms with E-state index in [9.17, 15) is 0 Å². The fraction of sp³-hybridized carbons (Fsp3) is 0.250. The van der Waals surface area contributed by atoms with Gasteiger partial charge in [-0.05, 0) is 41.8 Å². The van der Waals surface area contributed by atoms with Gasteiger partial charge in [0, 0.05) is 18.7 Å². The summed E-state index contributed by atoms with van der Waals surface area (Å²) in [6, 6.07) is 22.3. The number of benzene rings is 3. The Hall–Kier alpha value is -2.98. The molecule has 28 heavy (non-hydrogen) atoms. The predicted molar refractivity (Wildman–Crippen MR) is 112 cm³/mol. The molecular weight excluding hydrogens is 350 g/mol. The van der Waals surface area contributed by atoms with E-state index in [1.165, 1.54) is 16.7 Å². The molecule has 0 unspecified atom stereocenters. The molecule has 0 amide bonds. The maximum atomic E-state index is 6.18. The quantitative estimate of drug-likeness (QED) is 0.577. The van der Waals surface area contributed by atoms with Gasteiger partial charge in [-0.3, -0.25) is 0 Å². The van der Waals surface area contributed by atoms with Crippen molar-refractivity contribution in [3.05, 3.63) is 89.0 Å². The van der Waals surface area contributed by atoms with Crippen molar-refractivity contribution in [1.29, 1.82) is 0 Å². The molecule has 0 aliphatic heterocycles. The lowest BCUT2D eigenvalue weighted by Crippen LogP contribution is -2.14. The number of ether oxygens (including phenoxy) is 3. The third-order valence-corrected chi connectivity index (χ3v) is 4.72. The molecule has 0 bridgehead atoms. The smallest absolute Gasteiger partial charge is 0.166 e. The molecule has 1 N–H and O–H groups in total. The second-order valence-corrected chi connectivity index (χ2v) is 6.62. The molecule has 0 aromatic heterocycles. The van der Waals surface area contributed by atoms with Crippen molar-refractivity contribution in [1.82, 2.24) is 5.32 Å². The summed E-state index contributed by atoms with van der Waals surface area (Å²) < 4.78 is 16.9. The molecule has 0 spiro atoms. The maximum Gasteiger partial charge on any atom is 0.166 e. The van der Waals surface area contributed by atoms with Crippen LogP contribution in [0.2, 0.25) is 0 Å². The van der Waals surface area contributed by atoms with Gasteiger partial charge >= 0.3 is 0 Å². The van der Waals surface area contributed by atoms with Crippen LogP contribution in [0.25, 0.3) is 0 Å². The van der Waals surface area contributed by atoms with Gasteiger partial charge in [-0.1, -0.05) is 48.5 Å². The number of methoxy groups -OCH3 is 2. The highest BCUT2D eigenvalue weighted by Gasteiger charge is 2.11. The summed E-state index contributed by atoms with van der Waals surface area (Å²) in [5.74, 6) is 2.40. The molecule has 0 radical (unpaired) electrons. The van der Waals surface area contributed by atoms with E-state index in [-0.39, 0.29) is 0 Å². The molecule has 0 aliphatic rings. The van der Waals surface area contributed by atoms with E-state index in [0.717, 1.165) is 29.4 Å². The number of aryl methyl sites for hydroxylation is 1. The van der Waals surface area contributed by atoms with E-state index in [1.807, 2.05) is 36.4 Å². The second kappa shape index (κ2) is 9.81. The van der Waals surface area contributed by atoms with Gasteiger partial charge in [-0.15, -0.1) is 0 Å². The predicted octanol–water partition coefficient (Wildman–Crippen LogP) is 4.88. The average molecular weight is 377 g/mol. The SMILES string of the molecule is COc1ccc(CNCc2cccc(OC)c2OCc2ccccc2C)cc1. The normalized spacial score (nSPS) is 10.5. The molecule has 4 heteroatoms. The summed E-state index contributed by atoms with van der Waals surface area (Å²) in [5.41, 5.74) is 4.66. The second-order valence-electron chi connectivity index (χ2n) is 6.62. The topological polar surface area (TPSA) is 39.7 Å². The van der Waals surface area contributed by atoms with Crippen LogP contribution in [0.4, 0.5) is 0 Å². The first kappa shape index (κ1) is 19.8. The Morgan fingerprint density at radius 3 is 2.21 bits per heavy atom. The fourth-order valence-electron chi connectivity index (χ4n) is 3.03. The molecule has 3 rings (SSSR count). The van der Waals surface area contributed by atoms with Gasteiger partial charge in [-0.2, -0.15) is 0 Å². The first-order chi connectivity index (χ1) is 13.7. The van der Waals surface area contributed by atoms with Gasteiger partial charge in [0.05, 0.1) is 14.2 Å². The van der Waals surface area contributed by atoms with Gasteiger partial charge < -0.3 is 19.5 Å². The van der Waals surface area contributed by atoms with Gasteiger partial charge in [0.15, 0.2) is 11.5 Å². The molecule has 146 valence electrons. The van der Waals surface area contributed by atoms with Crippen LogP contribution in [0.5, 0.6) is 17.2 Å². The third-order valence-electron chi connectivity index (χ3n) is 4.72. The Morgan fingerprint density at radius 2 is 1.50 bits per heavy atom. The summed E-state index contributed by atoms with van der Waals surface area (Å²) in [7, 11) is 3.35. The minimum atomic E-state index is 0.512. The number of hydrogen-bond acceptors (Lipinski definition) is 4. The number of para-hydroxylation sites is 1. The maximum absolute atomic E-state index is 6.18. The van der Waals surface area contributed by atoms with Crippen LogP contribution >= 0.6 is 0 Å². The van der Waals surface area contributed by atoms with Crippen LogP contribution in [0.3, 0.4) is 0 Å². The fourth-order valence-corrected chi connectivity index (χ4v) is 3.03. The van der Waals surface area contributed by atoms with E-state index in [2.05, 4.69) is 42.6 Å². The Bertz CT molecular complexity index is 891. The molecule has 0 heterocycles. The molecule has 0 saturated heterocycles. The van der Waals surface area contributed by atoms with E-state index in [0.29, 0.717) is 13.2 Å². The average Bonchev–Trinajstić information content (AvgIpc) is 2.74. The van der Waals surface area contributed by atoms with Crippen molar-refractivity contribution in [3.63, 3.8) is 0 Å². The lowest BCUT2D eigenvalue weighted by atomic mass is 10.1. The van der Waals surface area contributed by atoms with E-state index in [1.54, 1.807) is 14.2 Å². The molecule has 0 atom stereocenters. The first-order valence-corrected chi connectivity index (χ1v) is 9.38. The van der Waals surface area contributed by atoms with Crippen LogP contribution < -0.4 is 19.5 Å². The highest BCUT2D eigenvalue weighted by atomic mass is 16.5. The number of hydrogen-bond donors (Lipinski definition) is 1. The molecule has 3 aromatic carbocycles. The van der Waals surface area contributed by atoms with Crippen LogP contribution in [-0.2, 0) is 19.7 Å². The van der Waals surface area contributed by atoms with Crippen molar-refractivity contribution in [2.24, 2.45) is 0 Å². The highest BCUT2D eigenvalue weighted by Crippen LogP contribution is 2.32. The first-order valence-electron chi connectivity index (χ1n) is 9.38. The van der Waals surface area contributed by atoms with Crippen LogP contribution in [0.1, 0.15) is 22.3 Å². The van der Waals surface area contributed by atoms with Crippen molar-refractivity contribution >= 4 is 0 Å². The largest absolute Gasteiger partial charge is 0.497 e. The minimum Gasteiger partial charge on any atom is -0.497 e. The number of rotatable bonds is 9. The van der Waals surface area contributed by atoms with Crippen LogP contribution in [0, 0.1) is 6.92 Å². The van der Waals surface area contributed by atoms with E-state index < -0.39 is 0 Å². The summed E-state index contributed by atoms with van der Waals surface area (Å²) in [6.07, 6.45) is 0.